The lowest BCUT2D eigenvalue weighted by molar-refractivity contribution is -0.772. The number of fused-ring (bicyclic) bond motifs is 1. The van der Waals surface area contributed by atoms with Crippen LogP contribution in [0.15, 0.2) is 9.55 Å². The Morgan fingerprint density at radius 1 is 1.34 bits per heavy atom. The molecule has 1 N–H and O–H groups in total. The van der Waals surface area contributed by atoms with Gasteiger partial charge in [-0.25, -0.2) is 4.79 Å². The zero-order valence-electron chi connectivity index (χ0n) is 16.8. The largest absolute Gasteiger partial charge is 0.538 e. The molecular formula is C19H25N3O5S2. The Morgan fingerprint density at radius 3 is 2.69 bits per heavy atom. The Hall–Kier alpha value is -2.07. The van der Waals surface area contributed by atoms with Crippen molar-refractivity contribution < 1.29 is 28.6 Å². The van der Waals surface area contributed by atoms with E-state index in [2.05, 4.69) is 15.1 Å². The lowest BCUT2D eigenvalue weighted by Crippen LogP contribution is -2.34. The van der Waals surface area contributed by atoms with Crippen molar-refractivity contribution in [2.75, 3.05) is 12.4 Å². The van der Waals surface area contributed by atoms with E-state index in [1.54, 1.807) is 7.05 Å². The van der Waals surface area contributed by atoms with Gasteiger partial charge in [0.15, 0.2) is 13.0 Å². The fourth-order valence-electron chi connectivity index (χ4n) is 3.41. The summed E-state index contributed by atoms with van der Waals surface area (Å²) in [5, 5.41) is 18.6. The molecule has 1 amide bonds. The van der Waals surface area contributed by atoms with Crippen LogP contribution in [-0.2, 0) is 29.4 Å². The lowest BCUT2D eigenvalue weighted by Gasteiger charge is -2.13. The van der Waals surface area contributed by atoms with Crippen LogP contribution in [-0.4, -0.2) is 29.5 Å². The molecule has 0 saturated carbocycles. The van der Waals surface area contributed by atoms with Gasteiger partial charge in [0.1, 0.15) is 5.00 Å². The zero-order valence-corrected chi connectivity index (χ0v) is 18.4. The second kappa shape index (κ2) is 9.62. The van der Waals surface area contributed by atoms with E-state index in [-0.39, 0.29) is 10.9 Å². The quantitative estimate of drug-likeness (QED) is 0.419. The van der Waals surface area contributed by atoms with Gasteiger partial charge in [-0.15, -0.1) is 11.3 Å². The van der Waals surface area contributed by atoms with Crippen LogP contribution in [0.5, 0.6) is 5.95 Å². The molecule has 2 aromatic rings. The Balaban J connectivity index is 1.86. The second-order valence-electron chi connectivity index (χ2n) is 6.91. The molecule has 0 spiro atoms. The molecule has 1 aliphatic rings. The minimum absolute atomic E-state index is 0.263. The molecule has 158 valence electrons. The van der Waals surface area contributed by atoms with E-state index in [0.717, 1.165) is 54.3 Å². The van der Waals surface area contributed by atoms with E-state index < -0.39 is 17.2 Å². The number of rotatable bonds is 6. The highest BCUT2D eigenvalue weighted by Crippen LogP contribution is 2.38. The summed E-state index contributed by atoms with van der Waals surface area (Å²) < 4.78 is 11.0. The van der Waals surface area contributed by atoms with Gasteiger partial charge < -0.3 is 19.7 Å². The molecule has 2 aromatic heterocycles. The highest BCUT2D eigenvalue weighted by molar-refractivity contribution is 8.00. The minimum atomic E-state index is -0.571. The molecule has 2 heterocycles. The number of amides is 1. The van der Waals surface area contributed by atoms with Crippen LogP contribution in [0.25, 0.3) is 0 Å². The number of methoxy groups -OCH3 is 1. The molecule has 0 fully saturated rings. The summed E-state index contributed by atoms with van der Waals surface area (Å²) in [5.41, 5.74) is 1.48. The van der Waals surface area contributed by atoms with Crippen molar-refractivity contribution in [1.82, 2.24) is 5.27 Å². The van der Waals surface area contributed by atoms with Gasteiger partial charge in [0.2, 0.25) is 5.91 Å². The average Bonchev–Trinajstić information content (AvgIpc) is 3.18. The van der Waals surface area contributed by atoms with Crippen LogP contribution in [0.1, 0.15) is 59.8 Å². The van der Waals surface area contributed by atoms with E-state index in [0.29, 0.717) is 17.0 Å². The molecule has 8 nitrogen and oxygen atoms in total. The molecule has 0 aromatic carbocycles. The summed E-state index contributed by atoms with van der Waals surface area (Å²) in [6, 6.07) is 0. The number of carbonyl (C=O) groups excluding carboxylic acids is 2. The van der Waals surface area contributed by atoms with Gasteiger partial charge in [0.05, 0.1) is 23.2 Å². The highest BCUT2D eigenvalue weighted by Gasteiger charge is 2.29. The predicted octanol–water partition coefficient (Wildman–Crippen LogP) is 2.59. The molecular weight excluding hydrogens is 414 g/mol. The standard InChI is InChI=1S/C19H25N3O5S2/c1-4-12(29-17-19(25)27-21-22(17)2)15(23)20-16-14(18(24)26-3)11-9-7-5-6-8-10-13(11)28-16/h12H,4-10H2,1-3H3,(H-,20,21,23,24,25). The fourth-order valence-corrected chi connectivity index (χ4v) is 5.61. The maximum atomic E-state index is 13.0. The molecule has 0 bridgehead atoms. The number of thiophene rings is 1. The number of aromatic nitrogens is 2. The molecule has 0 aliphatic heterocycles. The van der Waals surface area contributed by atoms with Gasteiger partial charge in [-0.05, 0) is 49.4 Å². The summed E-state index contributed by atoms with van der Waals surface area (Å²) in [7, 11) is 2.94. The van der Waals surface area contributed by atoms with Crippen LogP contribution < -0.4 is 15.1 Å². The topological polar surface area (TPSA) is 108 Å². The van der Waals surface area contributed by atoms with Gasteiger partial charge in [-0.3, -0.25) is 4.79 Å². The van der Waals surface area contributed by atoms with Gasteiger partial charge in [-0.2, -0.15) is 0 Å². The van der Waals surface area contributed by atoms with Gasteiger partial charge >= 0.3 is 5.97 Å². The lowest BCUT2D eigenvalue weighted by atomic mass is 9.96. The van der Waals surface area contributed by atoms with Crippen molar-refractivity contribution in [3.63, 3.8) is 0 Å². The number of nitrogens with one attached hydrogen (secondary N) is 1. The third-order valence-corrected chi connectivity index (χ3v) is 7.62. The second-order valence-corrected chi connectivity index (χ2v) is 9.20. The number of hydrogen-bond acceptors (Lipinski definition) is 8. The Labute approximate surface area is 177 Å². The van der Waals surface area contributed by atoms with Crippen LogP contribution in [0.2, 0.25) is 0 Å². The van der Waals surface area contributed by atoms with Crippen LogP contribution >= 0.6 is 23.1 Å². The zero-order chi connectivity index (χ0) is 21.0. The first-order valence-corrected chi connectivity index (χ1v) is 11.4. The molecule has 0 radical (unpaired) electrons. The Morgan fingerprint density at radius 2 is 2.07 bits per heavy atom. The van der Waals surface area contributed by atoms with Crippen molar-refractivity contribution in [2.45, 2.75) is 62.1 Å². The maximum absolute atomic E-state index is 13.0. The van der Waals surface area contributed by atoms with E-state index >= 15 is 0 Å². The van der Waals surface area contributed by atoms with Crippen LogP contribution in [0, 0.1) is 0 Å². The third-order valence-electron chi connectivity index (χ3n) is 4.93. The molecule has 1 unspecified atom stereocenters. The normalized spacial score (nSPS) is 15.1. The molecule has 3 rings (SSSR count). The van der Waals surface area contributed by atoms with Crippen molar-refractivity contribution in [3.05, 3.63) is 16.0 Å². The number of hydrogen-bond donors (Lipinski definition) is 1. The third kappa shape index (κ3) is 4.75. The van der Waals surface area contributed by atoms with E-state index in [4.69, 9.17) is 4.74 Å². The number of esters is 1. The van der Waals surface area contributed by atoms with Crippen molar-refractivity contribution in [3.8, 4) is 5.95 Å². The van der Waals surface area contributed by atoms with Gasteiger partial charge in [0, 0.05) is 4.88 Å². The highest BCUT2D eigenvalue weighted by atomic mass is 32.2. The molecule has 10 heteroatoms. The molecule has 1 atom stereocenters. The number of aryl methyl sites for hydroxylation is 2. The van der Waals surface area contributed by atoms with Crippen molar-refractivity contribution >= 4 is 40.0 Å². The smallest absolute Gasteiger partial charge is 0.341 e. The monoisotopic (exact) mass is 439 g/mol. The summed E-state index contributed by atoms with van der Waals surface area (Å²) >= 11 is 2.57. The molecule has 0 saturated heterocycles. The van der Waals surface area contributed by atoms with E-state index in [9.17, 15) is 14.7 Å². The number of ether oxygens (including phenoxy) is 1. The molecule has 29 heavy (non-hydrogen) atoms. The van der Waals surface area contributed by atoms with Crippen molar-refractivity contribution in [2.24, 2.45) is 7.05 Å². The number of thioether (sulfide) groups is 1. The summed E-state index contributed by atoms with van der Waals surface area (Å²) in [5.74, 6) is -1.26. The minimum Gasteiger partial charge on any atom is -0.538 e. The number of nitrogens with zero attached hydrogens (tertiary/aromatic N) is 2. The SMILES string of the molecule is CCC(Sc1c([O-])on[n+]1C)C(=O)Nc1sc2c(c1C(=O)OC)CCCCCC2. The Bertz CT molecular complexity index is 873. The average molecular weight is 440 g/mol. The predicted molar refractivity (Wildman–Crippen MR) is 107 cm³/mol. The maximum Gasteiger partial charge on any atom is 0.341 e. The Kier molecular flexibility index (Phi) is 7.18. The first kappa shape index (κ1) is 21.6. The number of anilines is 1. The molecule has 1 aliphatic carbocycles. The number of carbonyl (C=O) groups is 2. The first-order chi connectivity index (χ1) is 14.0. The van der Waals surface area contributed by atoms with Crippen molar-refractivity contribution in [1.29, 1.82) is 0 Å². The van der Waals surface area contributed by atoms with E-state index in [1.807, 2.05) is 6.92 Å². The van der Waals surface area contributed by atoms with Crippen LogP contribution in [0.3, 0.4) is 0 Å². The summed E-state index contributed by atoms with van der Waals surface area (Å²) in [4.78, 5) is 26.6. The van der Waals surface area contributed by atoms with E-state index in [1.165, 1.54) is 29.5 Å². The van der Waals surface area contributed by atoms with Crippen LogP contribution in [0.4, 0.5) is 5.00 Å². The summed E-state index contributed by atoms with van der Waals surface area (Å²) in [6.07, 6.45) is 6.62. The fraction of sp³-hybridized carbons (Fsp3) is 0.579. The van der Waals surface area contributed by atoms with Gasteiger partial charge in [0.25, 0.3) is 5.03 Å². The first-order valence-electron chi connectivity index (χ1n) is 9.69. The summed E-state index contributed by atoms with van der Waals surface area (Å²) in [6.45, 7) is 1.87. The van der Waals surface area contributed by atoms with Gasteiger partial charge in [-0.1, -0.05) is 24.4 Å².